The lowest BCUT2D eigenvalue weighted by molar-refractivity contribution is -0.123. The van der Waals surface area contributed by atoms with E-state index in [1.54, 1.807) is 30.6 Å². The molecule has 1 amide bonds. The van der Waals surface area contributed by atoms with Gasteiger partial charge >= 0.3 is 0 Å². The van der Waals surface area contributed by atoms with Crippen LogP contribution in [-0.2, 0) is 4.79 Å². The Hall–Kier alpha value is -2.83. The molecule has 8 heteroatoms. The predicted octanol–water partition coefficient (Wildman–Crippen LogP) is 4.33. The van der Waals surface area contributed by atoms with Gasteiger partial charge < -0.3 is 9.30 Å². The highest BCUT2D eigenvalue weighted by atomic mass is 35.5. The smallest absolute Gasteiger partial charge is 0.277 e. The van der Waals surface area contributed by atoms with Gasteiger partial charge in [0, 0.05) is 28.2 Å². The Labute approximate surface area is 172 Å². The van der Waals surface area contributed by atoms with E-state index in [9.17, 15) is 4.79 Å². The van der Waals surface area contributed by atoms with Gasteiger partial charge in [0.2, 0.25) is 0 Å². The Kier molecular flexibility index (Phi) is 6.34. The fourth-order valence-corrected chi connectivity index (χ4v) is 3.16. The summed E-state index contributed by atoms with van der Waals surface area (Å²) >= 11 is 11.8. The number of carbonyl (C=O) groups is 1. The number of nitrogens with zero attached hydrogens (tertiary/aromatic N) is 3. The van der Waals surface area contributed by atoms with Crippen LogP contribution in [0.1, 0.15) is 17.0 Å². The normalized spacial score (nSPS) is 11.0. The van der Waals surface area contributed by atoms with Crippen LogP contribution in [-0.4, -0.2) is 28.3 Å². The van der Waals surface area contributed by atoms with Crippen molar-refractivity contribution in [2.45, 2.75) is 13.8 Å². The standard InChI is InChI=1S/C20H18Cl2N4O2/c1-13-9-15(14(2)26(13)19-5-3-4-8-23-19)11-24-25-20(27)12-28-18-7-6-16(21)10-17(18)22/h3-11H,12H2,1-2H3,(H,25,27)/b24-11+. The molecule has 0 radical (unpaired) electrons. The average molecular weight is 417 g/mol. The number of hydrogen-bond acceptors (Lipinski definition) is 4. The number of aryl methyl sites for hydroxylation is 1. The Morgan fingerprint density at radius 3 is 2.79 bits per heavy atom. The summed E-state index contributed by atoms with van der Waals surface area (Å²) in [7, 11) is 0. The van der Waals surface area contributed by atoms with E-state index in [1.807, 2.05) is 42.7 Å². The second-order valence-electron chi connectivity index (χ2n) is 6.01. The summed E-state index contributed by atoms with van der Waals surface area (Å²) < 4.78 is 7.39. The summed E-state index contributed by atoms with van der Waals surface area (Å²) in [4.78, 5) is 16.3. The van der Waals surface area contributed by atoms with Crippen LogP contribution in [0.25, 0.3) is 5.82 Å². The summed E-state index contributed by atoms with van der Waals surface area (Å²) in [6.07, 6.45) is 3.34. The number of rotatable bonds is 6. The van der Waals surface area contributed by atoms with Crippen molar-refractivity contribution in [3.63, 3.8) is 0 Å². The lowest BCUT2D eigenvalue weighted by atomic mass is 10.3. The third-order valence-electron chi connectivity index (χ3n) is 3.99. The highest BCUT2D eigenvalue weighted by Crippen LogP contribution is 2.27. The van der Waals surface area contributed by atoms with Crippen LogP contribution in [0, 0.1) is 13.8 Å². The van der Waals surface area contributed by atoms with E-state index >= 15 is 0 Å². The van der Waals surface area contributed by atoms with E-state index in [2.05, 4.69) is 15.5 Å². The van der Waals surface area contributed by atoms with Gasteiger partial charge in [0.15, 0.2) is 6.61 Å². The molecular weight excluding hydrogens is 399 g/mol. The van der Waals surface area contributed by atoms with Crippen molar-refractivity contribution in [1.82, 2.24) is 15.0 Å². The highest BCUT2D eigenvalue weighted by molar-refractivity contribution is 6.35. The minimum atomic E-state index is -0.402. The first-order valence-electron chi connectivity index (χ1n) is 8.46. The molecule has 0 aliphatic heterocycles. The highest BCUT2D eigenvalue weighted by Gasteiger charge is 2.10. The molecule has 2 heterocycles. The average Bonchev–Trinajstić information content (AvgIpc) is 2.95. The van der Waals surface area contributed by atoms with Gasteiger partial charge in [0.05, 0.1) is 11.2 Å². The molecule has 0 saturated carbocycles. The van der Waals surface area contributed by atoms with Gasteiger partial charge in [0.25, 0.3) is 5.91 Å². The number of amides is 1. The SMILES string of the molecule is Cc1cc(/C=N/NC(=O)COc2ccc(Cl)cc2Cl)c(C)n1-c1ccccn1. The van der Waals surface area contributed by atoms with Crippen molar-refractivity contribution in [3.05, 3.63) is 75.7 Å². The minimum Gasteiger partial charge on any atom is -0.482 e. The zero-order valence-electron chi connectivity index (χ0n) is 15.3. The zero-order chi connectivity index (χ0) is 20.1. The summed E-state index contributed by atoms with van der Waals surface area (Å²) in [6.45, 7) is 3.74. The summed E-state index contributed by atoms with van der Waals surface area (Å²) in [5.41, 5.74) is 5.31. The van der Waals surface area contributed by atoms with Crippen LogP contribution in [0.4, 0.5) is 0 Å². The molecule has 2 aromatic heterocycles. The molecule has 3 aromatic rings. The maximum atomic E-state index is 11.9. The number of halogens is 2. The first-order chi connectivity index (χ1) is 13.5. The van der Waals surface area contributed by atoms with Crippen LogP contribution >= 0.6 is 23.2 Å². The topological polar surface area (TPSA) is 68.5 Å². The van der Waals surface area contributed by atoms with Gasteiger partial charge in [-0.1, -0.05) is 29.3 Å². The van der Waals surface area contributed by atoms with E-state index in [4.69, 9.17) is 27.9 Å². The molecule has 0 aliphatic rings. The Morgan fingerprint density at radius 2 is 2.07 bits per heavy atom. The number of carbonyl (C=O) groups excluding carboxylic acids is 1. The molecule has 0 fully saturated rings. The molecule has 144 valence electrons. The molecule has 0 spiro atoms. The second-order valence-corrected chi connectivity index (χ2v) is 6.85. The van der Waals surface area contributed by atoms with Gasteiger partial charge in [0.1, 0.15) is 11.6 Å². The number of nitrogens with one attached hydrogen (secondary N) is 1. The van der Waals surface area contributed by atoms with E-state index in [0.29, 0.717) is 15.8 Å². The van der Waals surface area contributed by atoms with Crippen molar-refractivity contribution < 1.29 is 9.53 Å². The molecule has 0 bridgehead atoms. The Bertz CT molecular complexity index is 1020. The van der Waals surface area contributed by atoms with Gasteiger partial charge in [-0.25, -0.2) is 10.4 Å². The fraction of sp³-hybridized carbons (Fsp3) is 0.150. The molecule has 0 atom stereocenters. The number of benzene rings is 1. The maximum absolute atomic E-state index is 11.9. The predicted molar refractivity (Wildman–Crippen MR) is 111 cm³/mol. The molecule has 0 saturated heterocycles. The first-order valence-corrected chi connectivity index (χ1v) is 9.21. The quantitative estimate of drug-likeness (QED) is 0.480. The van der Waals surface area contributed by atoms with Crippen LogP contribution in [0.3, 0.4) is 0 Å². The molecule has 0 unspecified atom stereocenters. The fourth-order valence-electron chi connectivity index (χ4n) is 2.70. The Balaban J connectivity index is 1.61. The van der Waals surface area contributed by atoms with E-state index < -0.39 is 5.91 Å². The van der Waals surface area contributed by atoms with Crippen molar-refractivity contribution in [2.24, 2.45) is 5.10 Å². The summed E-state index contributed by atoms with van der Waals surface area (Å²) in [6, 6.07) is 12.5. The van der Waals surface area contributed by atoms with E-state index in [1.165, 1.54) is 0 Å². The van der Waals surface area contributed by atoms with Gasteiger partial charge in [-0.3, -0.25) is 4.79 Å². The maximum Gasteiger partial charge on any atom is 0.277 e. The van der Waals surface area contributed by atoms with Crippen molar-refractivity contribution in [2.75, 3.05) is 6.61 Å². The summed E-state index contributed by atoms with van der Waals surface area (Å²) in [5.74, 6) is 0.805. The zero-order valence-corrected chi connectivity index (χ0v) is 16.8. The van der Waals surface area contributed by atoms with Gasteiger partial charge in [-0.15, -0.1) is 0 Å². The lowest BCUT2D eigenvalue weighted by Gasteiger charge is -2.08. The number of pyridine rings is 1. The number of hydrogen-bond donors (Lipinski definition) is 1. The molecule has 3 rings (SSSR count). The van der Waals surface area contributed by atoms with Crippen molar-refractivity contribution in [3.8, 4) is 11.6 Å². The molecular formula is C20H18Cl2N4O2. The Morgan fingerprint density at radius 1 is 1.25 bits per heavy atom. The molecule has 1 N–H and O–H groups in total. The summed E-state index contributed by atoms with van der Waals surface area (Å²) in [5, 5.41) is 4.84. The minimum absolute atomic E-state index is 0.217. The molecule has 0 aliphatic carbocycles. The number of hydrazone groups is 1. The molecule has 6 nitrogen and oxygen atoms in total. The molecule has 1 aromatic carbocycles. The molecule has 28 heavy (non-hydrogen) atoms. The third-order valence-corrected chi connectivity index (χ3v) is 4.52. The second kappa shape index (κ2) is 8.91. The first kappa shape index (κ1) is 19.9. The van der Waals surface area contributed by atoms with Crippen LogP contribution in [0.15, 0.2) is 53.8 Å². The van der Waals surface area contributed by atoms with Crippen LogP contribution in [0.5, 0.6) is 5.75 Å². The van der Waals surface area contributed by atoms with Crippen LogP contribution in [0.2, 0.25) is 10.0 Å². The van der Waals surface area contributed by atoms with Crippen molar-refractivity contribution in [1.29, 1.82) is 0 Å². The number of aromatic nitrogens is 2. The lowest BCUT2D eigenvalue weighted by Crippen LogP contribution is -2.24. The van der Waals surface area contributed by atoms with Gasteiger partial charge in [-0.05, 0) is 50.2 Å². The van der Waals surface area contributed by atoms with E-state index in [-0.39, 0.29) is 6.61 Å². The van der Waals surface area contributed by atoms with Crippen molar-refractivity contribution >= 4 is 35.3 Å². The third kappa shape index (κ3) is 4.71. The van der Waals surface area contributed by atoms with E-state index in [0.717, 1.165) is 22.8 Å². The number of ether oxygens (including phenoxy) is 1. The van der Waals surface area contributed by atoms with Crippen LogP contribution < -0.4 is 10.2 Å². The largest absolute Gasteiger partial charge is 0.482 e. The monoisotopic (exact) mass is 416 g/mol. The van der Waals surface area contributed by atoms with Gasteiger partial charge in [-0.2, -0.15) is 5.10 Å².